The third kappa shape index (κ3) is 4.40. The molecule has 0 unspecified atom stereocenters. The molecule has 1 N–H and O–H groups in total. The molecule has 48 heavy (non-hydrogen) atoms. The molecular weight excluding hydrogens is 590 g/mol. The summed E-state index contributed by atoms with van der Waals surface area (Å²) in [6, 6.07) is 50.5. The van der Waals surface area contributed by atoms with Crippen molar-refractivity contribution in [2.45, 2.75) is 12.0 Å². The van der Waals surface area contributed by atoms with E-state index in [-0.39, 0.29) is 6.61 Å². The number of aliphatic hydroxyl groups excluding tert-OH is 1. The van der Waals surface area contributed by atoms with E-state index in [0.29, 0.717) is 17.3 Å². The molecule has 1 aliphatic carbocycles. The van der Waals surface area contributed by atoms with E-state index in [0.717, 1.165) is 33.3 Å². The van der Waals surface area contributed by atoms with Crippen LogP contribution in [0.15, 0.2) is 162 Å². The minimum Gasteiger partial charge on any atom is -0.436 e. The lowest BCUT2D eigenvalue weighted by Crippen LogP contribution is -2.28. The smallest absolute Gasteiger partial charge is 0.227 e. The van der Waals surface area contributed by atoms with Crippen LogP contribution in [0.25, 0.3) is 56.2 Å². The van der Waals surface area contributed by atoms with Gasteiger partial charge < -0.3 is 9.52 Å². The highest BCUT2D eigenvalue weighted by Gasteiger charge is 2.46. The number of benzene rings is 6. The van der Waals surface area contributed by atoms with Crippen LogP contribution in [-0.4, -0.2) is 20.1 Å². The molecule has 2 aromatic heterocycles. The lowest BCUT2D eigenvalue weighted by atomic mass is 9.67. The maximum Gasteiger partial charge on any atom is 0.227 e. The highest BCUT2D eigenvalue weighted by molar-refractivity contribution is 5.88. The Morgan fingerprint density at radius 3 is 1.92 bits per heavy atom. The number of fused-ring (bicyclic) bond motifs is 4. The Kier molecular flexibility index (Phi) is 6.59. The van der Waals surface area contributed by atoms with Crippen LogP contribution in [-0.2, 0) is 12.0 Å². The minimum absolute atomic E-state index is 0.124. The second-order valence-electron chi connectivity index (χ2n) is 12.1. The first-order chi connectivity index (χ1) is 23.7. The monoisotopic (exact) mass is 619 g/mol. The molecule has 0 atom stereocenters. The predicted octanol–water partition coefficient (Wildman–Crippen LogP) is 9.47. The molecule has 0 fully saturated rings. The van der Waals surface area contributed by atoms with Crippen molar-refractivity contribution in [1.82, 2.24) is 15.0 Å². The molecule has 0 saturated carbocycles. The van der Waals surface area contributed by atoms with E-state index in [2.05, 4.69) is 108 Å². The van der Waals surface area contributed by atoms with Crippen LogP contribution >= 0.6 is 0 Å². The van der Waals surface area contributed by atoms with Gasteiger partial charge in [-0.05, 0) is 80.9 Å². The summed E-state index contributed by atoms with van der Waals surface area (Å²) in [4.78, 5) is 14.3. The number of nitrogens with zero attached hydrogens (tertiary/aromatic N) is 3. The first-order valence-corrected chi connectivity index (χ1v) is 16.0. The van der Waals surface area contributed by atoms with Crippen LogP contribution in [0.3, 0.4) is 0 Å². The van der Waals surface area contributed by atoms with Crippen molar-refractivity contribution in [2.75, 3.05) is 0 Å². The van der Waals surface area contributed by atoms with Crippen molar-refractivity contribution in [3.8, 4) is 45.1 Å². The van der Waals surface area contributed by atoms with E-state index in [4.69, 9.17) is 14.4 Å². The molecule has 0 radical (unpaired) electrons. The highest BCUT2D eigenvalue weighted by Crippen LogP contribution is 2.56. The predicted molar refractivity (Wildman–Crippen MR) is 189 cm³/mol. The fraction of sp³-hybridized carbons (Fsp3) is 0.0465. The zero-order valence-electron chi connectivity index (χ0n) is 25.9. The van der Waals surface area contributed by atoms with Gasteiger partial charge in [-0.1, -0.05) is 109 Å². The molecule has 1 aliphatic rings. The van der Waals surface area contributed by atoms with Crippen molar-refractivity contribution >= 4 is 11.1 Å². The van der Waals surface area contributed by atoms with Crippen LogP contribution < -0.4 is 0 Å². The van der Waals surface area contributed by atoms with E-state index in [1.807, 2.05) is 54.9 Å². The fourth-order valence-corrected chi connectivity index (χ4v) is 7.28. The van der Waals surface area contributed by atoms with Crippen molar-refractivity contribution in [3.63, 3.8) is 0 Å². The molecule has 8 aromatic rings. The van der Waals surface area contributed by atoms with Gasteiger partial charge in [0.05, 0.1) is 12.0 Å². The molecule has 5 nitrogen and oxygen atoms in total. The summed E-state index contributed by atoms with van der Waals surface area (Å²) >= 11 is 0. The van der Waals surface area contributed by atoms with E-state index in [1.165, 1.54) is 33.4 Å². The van der Waals surface area contributed by atoms with Crippen molar-refractivity contribution in [2.24, 2.45) is 0 Å². The molecule has 9 rings (SSSR count). The molecule has 2 heterocycles. The molecule has 0 spiro atoms. The van der Waals surface area contributed by atoms with E-state index in [1.54, 1.807) is 0 Å². The third-order valence-corrected chi connectivity index (χ3v) is 9.42. The highest BCUT2D eigenvalue weighted by atomic mass is 16.3. The first kappa shape index (κ1) is 28.1. The topological polar surface area (TPSA) is 72.0 Å². The maximum absolute atomic E-state index is 10.1. The van der Waals surface area contributed by atoms with E-state index >= 15 is 0 Å². The molecule has 0 amide bonds. The van der Waals surface area contributed by atoms with Crippen LogP contribution in [0.1, 0.15) is 27.8 Å². The van der Waals surface area contributed by atoms with Crippen molar-refractivity contribution < 1.29 is 9.52 Å². The van der Waals surface area contributed by atoms with Crippen molar-refractivity contribution in [1.29, 1.82) is 0 Å². The zero-order chi connectivity index (χ0) is 32.1. The Morgan fingerprint density at radius 1 is 0.542 bits per heavy atom. The average Bonchev–Trinajstić information content (AvgIpc) is 3.73. The quantitative estimate of drug-likeness (QED) is 0.201. The lowest BCUT2D eigenvalue weighted by molar-refractivity contribution is 0.282. The van der Waals surface area contributed by atoms with Gasteiger partial charge in [0.2, 0.25) is 5.89 Å². The number of oxazole rings is 1. The van der Waals surface area contributed by atoms with Gasteiger partial charge in [0.25, 0.3) is 0 Å². The molecule has 0 aliphatic heterocycles. The fourth-order valence-electron chi connectivity index (χ4n) is 7.28. The number of para-hydroxylation sites is 2. The average molecular weight is 620 g/mol. The molecular formula is C43H29N3O2. The van der Waals surface area contributed by atoms with Gasteiger partial charge in [0.15, 0.2) is 11.4 Å². The minimum atomic E-state index is -0.475. The van der Waals surface area contributed by atoms with Crippen LogP contribution in [0.2, 0.25) is 0 Å². The Hall–Kier alpha value is -6.17. The summed E-state index contributed by atoms with van der Waals surface area (Å²) in [7, 11) is 0. The summed E-state index contributed by atoms with van der Waals surface area (Å²) in [5, 5.41) is 10.1. The molecule has 0 saturated heterocycles. The maximum atomic E-state index is 10.1. The number of hydrogen-bond donors (Lipinski definition) is 1. The largest absolute Gasteiger partial charge is 0.436 e. The number of aliphatic hydroxyl groups is 1. The van der Waals surface area contributed by atoms with Gasteiger partial charge in [-0.25, -0.2) is 15.0 Å². The number of aromatic nitrogens is 3. The number of hydrogen-bond acceptors (Lipinski definition) is 5. The van der Waals surface area contributed by atoms with Gasteiger partial charge in [-0.2, -0.15) is 0 Å². The molecule has 228 valence electrons. The number of rotatable bonds is 6. The molecule has 5 heteroatoms. The second-order valence-corrected chi connectivity index (χ2v) is 12.1. The summed E-state index contributed by atoms with van der Waals surface area (Å²) < 4.78 is 6.03. The Labute approximate surface area is 277 Å². The van der Waals surface area contributed by atoms with Gasteiger partial charge in [-0.15, -0.1) is 0 Å². The Bertz CT molecular complexity index is 2360. The van der Waals surface area contributed by atoms with Gasteiger partial charge in [-0.3, -0.25) is 0 Å². The van der Waals surface area contributed by atoms with E-state index in [9.17, 15) is 5.11 Å². The van der Waals surface area contributed by atoms with Gasteiger partial charge in [0, 0.05) is 29.1 Å². The van der Waals surface area contributed by atoms with Gasteiger partial charge >= 0.3 is 0 Å². The van der Waals surface area contributed by atoms with Gasteiger partial charge in [0.1, 0.15) is 5.52 Å². The summed E-state index contributed by atoms with van der Waals surface area (Å²) in [5.41, 5.74) is 12.7. The normalized spacial score (nSPS) is 12.9. The summed E-state index contributed by atoms with van der Waals surface area (Å²) in [6.07, 6.45) is 3.76. The first-order valence-electron chi connectivity index (χ1n) is 16.0. The van der Waals surface area contributed by atoms with E-state index < -0.39 is 5.41 Å². The summed E-state index contributed by atoms with van der Waals surface area (Å²) in [5.74, 6) is 1.05. The van der Waals surface area contributed by atoms with Crippen LogP contribution in [0, 0.1) is 0 Å². The van der Waals surface area contributed by atoms with Crippen LogP contribution in [0.5, 0.6) is 0 Å². The SMILES string of the molecule is OCc1cc(-c2ncc(-c3ccc4c(c3)C(c3ccccc3)(c3ccccc3)c3ccccc3-4)cn2)cc(-c2nc3ccccc3o2)c1. The molecule has 0 bridgehead atoms. The standard InChI is InChI=1S/C43H29N3O2/c47-27-28-21-30(23-31(22-28)42-46-39-17-9-10-18-40(39)48-42)41-44-25-32(26-45-41)29-19-20-36-35-15-7-8-16-37(35)43(38(36)24-29,33-11-3-1-4-12-33)34-13-5-2-6-14-34/h1-26,47H,27H2. The lowest BCUT2D eigenvalue weighted by Gasteiger charge is -2.34. The Balaban J connectivity index is 1.15. The Morgan fingerprint density at radius 2 is 1.19 bits per heavy atom. The summed E-state index contributed by atoms with van der Waals surface area (Å²) in [6.45, 7) is -0.124. The zero-order valence-corrected chi connectivity index (χ0v) is 25.9. The second kappa shape index (κ2) is 11.3. The third-order valence-electron chi connectivity index (χ3n) is 9.42. The van der Waals surface area contributed by atoms with Crippen molar-refractivity contribution in [3.05, 3.63) is 186 Å². The van der Waals surface area contributed by atoms with Crippen LogP contribution in [0.4, 0.5) is 0 Å². The molecule has 6 aromatic carbocycles.